The molecule has 1 saturated carbocycles. The number of nitrogens with zero attached hydrogens (tertiary/aromatic N) is 2. The molecule has 5 rings (SSSR count). The molecule has 2 heterocycles. The second-order valence-electron chi connectivity index (χ2n) is 9.12. The average molecular weight is 464 g/mol. The number of amides is 3. The van der Waals surface area contributed by atoms with Crippen molar-refractivity contribution < 1.29 is 23.9 Å². The van der Waals surface area contributed by atoms with Crippen LogP contribution in [0, 0.1) is 0 Å². The molecule has 178 valence electrons. The van der Waals surface area contributed by atoms with Crippen LogP contribution in [0.2, 0.25) is 0 Å². The Hall–Kier alpha value is -3.39. The second-order valence-corrected chi connectivity index (χ2v) is 9.12. The summed E-state index contributed by atoms with van der Waals surface area (Å²) in [4.78, 5) is 43.1. The van der Waals surface area contributed by atoms with E-state index in [9.17, 15) is 14.4 Å². The summed E-state index contributed by atoms with van der Waals surface area (Å²) in [6.07, 6.45) is 2.83. The monoisotopic (exact) mass is 463 g/mol. The number of nitrogens with one attached hydrogen (secondary N) is 1. The maximum atomic E-state index is 13.6. The van der Waals surface area contributed by atoms with Crippen LogP contribution in [0.4, 0.5) is 0 Å². The van der Waals surface area contributed by atoms with E-state index in [0.29, 0.717) is 42.8 Å². The van der Waals surface area contributed by atoms with Gasteiger partial charge in [0, 0.05) is 43.1 Å². The molecule has 0 radical (unpaired) electrons. The third-order valence-electron chi connectivity index (χ3n) is 6.90. The Morgan fingerprint density at radius 1 is 0.941 bits per heavy atom. The Morgan fingerprint density at radius 3 is 2.21 bits per heavy atom. The predicted octanol–water partition coefficient (Wildman–Crippen LogP) is 2.45. The molecule has 0 unspecified atom stereocenters. The first-order valence-corrected chi connectivity index (χ1v) is 11.8. The zero-order chi connectivity index (χ0) is 23.7. The Labute approximate surface area is 198 Å². The highest BCUT2D eigenvalue weighted by molar-refractivity contribution is 5.98. The van der Waals surface area contributed by atoms with Crippen molar-refractivity contribution in [1.29, 1.82) is 0 Å². The Morgan fingerprint density at radius 2 is 1.59 bits per heavy atom. The molecule has 0 bridgehead atoms. The van der Waals surface area contributed by atoms with Crippen molar-refractivity contribution in [2.24, 2.45) is 0 Å². The molecule has 2 aromatic carbocycles. The first kappa shape index (κ1) is 22.4. The molecule has 1 atom stereocenters. The predicted molar refractivity (Wildman–Crippen MR) is 124 cm³/mol. The molecule has 2 aromatic rings. The maximum absolute atomic E-state index is 13.6. The van der Waals surface area contributed by atoms with Crippen molar-refractivity contribution in [3.63, 3.8) is 0 Å². The Bertz CT molecular complexity index is 1060. The SMILES string of the molecule is COc1ccc(C(=O)N2CCC3(CC2)OC[C@@H](C(=O)NC2CC2)N3C(=O)c2ccccc2)cc1. The van der Waals surface area contributed by atoms with Gasteiger partial charge in [-0.25, -0.2) is 0 Å². The van der Waals surface area contributed by atoms with Gasteiger partial charge in [0.1, 0.15) is 17.5 Å². The lowest BCUT2D eigenvalue weighted by Crippen LogP contribution is -2.60. The Kier molecular flexibility index (Phi) is 6.00. The quantitative estimate of drug-likeness (QED) is 0.736. The van der Waals surface area contributed by atoms with Crippen LogP contribution < -0.4 is 10.1 Å². The lowest BCUT2D eigenvalue weighted by atomic mass is 9.96. The topological polar surface area (TPSA) is 88.2 Å². The normalized spacial score (nSPS) is 21.4. The fourth-order valence-corrected chi connectivity index (χ4v) is 4.79. The number of carbonyl (C=O) groups excluding carboxylic acids is 3. The summed E-state index contributed by atoms with van der Waals surface area (Å²) < 4.78 is 11.4. The molecule has 8 heteroatoms. The largest absolute Gasteiger partial charge is 0.497 e. The number of methoxy groups -OCH3 is 1. The Balaban J connectivity index is 1.35. The number of piperidine rings is 1. The number of ether oxygens (including phenoxy) is 2. The summed E-state index contributed by atoms with van der Waals surface area (Å²) in [6, 6.07) is 15.5. The number of rotatable bonds is 5. The van der Waals surface area contributed by atoms with Crippen molar-refractivity contribution >= 4 is 17.7 Å². The van der Waals surface area contributed by atoms with E-state index in [1.807, 2.05) is 18.2 Å². The highest BCUT2D eigenvalue weighted by Gasteiger charge is 2.54. The molecule has 2 aliphatic heterocycles. The molecule has 1 N–H and O–H groups in total. The van der Waals surface area contributed by atoms with Gasteiger partial charge < -0.3 is 19.7 Å². The van der Waals surface area contributed by atoms with Gasteiger partial charge in [0.25, 0.3) is 11.8 Å². The summed E-state index contributed by atoms with van der Waals surface area (Å²) in [5, 5.41) is 3.02. The summed E-state index contributed by atoms with van der Waals surface area (Å²) >= 11 is 0. The van der Waals surface area contributed by atoms with Gasteiger partial charge in [0.05, 0.1) is 13.7 Å². The molecular weight excluding hydrogens is 434 g/mol. The van der Waals surface area contributed by atoms with Crippen LogP contribution in [0.5, 0.6) is 5.75 Å². The maximum Gasteiger partial charge on any atom is 0.256 e. The smallest absolute Gasteiger partial charge is 0.256 e. The van der Waals surface area contributed by atoms with Crippen molar-refractivity contribution in [3.05, 3.63) is 65.7 Å². The highest BCUT2D eigenvalue weighted by atomic mass is 16.5. The fourth-order valence-electron chi connectivity index (χ4n) is 4.79. The third-order valence-corrected chi connectivity index (χ3v) is 6.90. The minimum atomic E-state index is -0.908. The summed E-state index contributed by atoms with van der Waals surface area (Å²) in [5.74, 6) is 0.239. The lowest BCUT2D eigenvalue weighted by Gasteiger charge is -2.44. The second kappa shape index (κ2) is 9.10. The number of likely N-dealkylation sites (tertiary alicyclic amines) is 1. The highest BCUT2D eigenvalue weighted by Crippen LogP contribution is 2.39. The van der Waals surface area contributed by atoms with Gasteiger partial charge in [-0.05, 0) is 49.2 Å². The standard InChI is InChI=1S/C26H29N3O5/c1-33-21-11-7-19(8-12-21)24(31)28-15-13-26(14-16-28)29(25(32)18-5-3-2-4-6-18)22(17-34-26)23(30)27-20-9-10-20/h2-8,11-12,20,22H,9-10,13-17H2,1H3,(H,27,30)/t22-/m0/s1. The van der Waals surface area contributed by atoms with Crippen molar-refractivity contribution in [2.45, 2.75) is 43.5 Å². The van der Waals surface area contributed by atoms with Gasteiger partial charge >= 0.3 is 0 Å². The molecular formula is C26H29N3O5. The first-order chi connectivity index (χ1) is 16.5. The summed E-state index contributed by atoms with van der Waals surface area (Å²) in [7, 11) is 1.59. The van der Waals surface area contributed by atoms with Crippen LogP contribution in [0.25, 0.3) is 0 Å². The molecule has 1 aliphatic carbocycles. The van der Waals surface area contributed by atoms with E-state index < -0.39 is 11.8 Å². The van der Waals surface area contributed by atoms with E-state index in [0.717, 1.165) is 12.8 Å². The van der Waals surface area contributed by atoms with E-state index in [-0.39, 0.29) is 30.4 Å². The van der Waals surface area contributed by atoms with Crippen LogP contribution >= 0.6 is 0 Å². The van der Waals surface area contributed by atoms with E-state index >= 15 is 0 Å². The zero-order valence-electron chi connectivity index (χ0n) is 19.2. The molecule has 0 aromatic heterocycles. The van der Waals surface area contributed by atoms with Crippen LogP contribution in [0.3, 0.4) is 0 Å². The van der Waals surface area contributed by atoms with Gasteiger partial charge in [-0.3, -0.25) is 19.3 Å². The van der Waals surface area contributed by atoms with Gasteiger partial charge in [0.15, 0.2) is 0 Å². The molecule has 3 fully saturated rings. The van der Waals surface area contributed by atoms with Gasteiger partial charge in [-0.2, -0.15) is 0 Å². The first-order valence-electron chi connectivity index (χ1n) is 11.8. The van der Waals surface area contributed by atoms with Gasteiger partial charge in [-0.1, -0.05) is 18.2 Å². The van der Waals surface area contributed by atoms with E-state index in [4.69, 9.17) is 9.47 Å². The molecule has 3 amide bonds. The molecule has 1 spiro atoms. The fraction of sp³-hybridized carbons (Fsp3) is 0.423. The van der Waals surface area contributed by atoms with Crippen LogP contribution in [-0.4, -0.2) is 72.1 Å². The van der Waals surface area contributed by atoms with E-state index in [1.54, 1.807) is 53.3 Å². The minimum Gasteiger partial charge on any atom is -0.497 e. The third kappa shape index (κ3) is 4.25. The average Bonchev–Trinajstić information content (AvgIpc) is 3.63. The van der Waals surface area contributed by atoms with Crippen LogP contribution in [0.1, 0.15) is 46.4 Å². The number of benzene rings is 2. The van der Waals surface area contributed by atoms with E-state index in [1.165, 1.54) is 0 Å². The molecule has 2 saturated heterocycles. The van der Waals surface area contributed by atoms with Crippen molar-refractivity contribution in [3.8, 4) is 5.75 Å². The van der Waals surface area contributed by atoms with E-state index in [2.05, 4.69) is 5.32 Å². The van der Waals surface area contributed by atoms with Crippen molar-refractivity contribution in [2.75, 3.05) is 26.8 Å². The van der Waals surface area contributed by atoms with Crippen LogP contribution in [0.15, 0.2) is 54.6 Å². The van der Waals surface area contributed by atoms with Crippen LogP contribution in [-0.2, 0) is 9.53 Å². The molecule has 34 heavy (non-hydrogen) atoms. The summed E-state index contributed by atoms with van der Waals surface area (Å²) in [5.41, 5.74) is 0.200. The van der Waals surface area contributed by atoms with Crippen molar-refractivity contribution in [1.82, 2.24) is 15.1 Å². The van der Waals surface area contributed by atoms with Gasteiger partial charge in [0.2, 0.25) is 5.91 Å². The lowest BCUT2D eigenvalue weighted by molar-refractivity contribution is -0.128. The summed E-state index contributed by atoms with van der Waals surface area (Å²) in [6.45, 7) is 1.02. The number of hydrogen-bond acceptors (Lipinski definition) is 5. The number of hydrogen-bond donors (Lipinski definition) is 1. The number of carbonyl (C=O) groups is 3. The minimum absolute atomic E-state index is 0.0699. The zero-order valence-corrected chi connectivity index (χ0v) is 19.2. The van der Waals surface area contributed by atoms with Gasteiger partial charge in [-0.15, -0.1) is 0 Å². The molecule has 3 aliphatic rings. The molecule has 8 nitrogen and oxygen atoms in total.